The number of aliphatic hydroxyl groups excluding tert-OH is 3. The quantitative estimate of drug-likeness (QED) is 0.254. The molecule has 0 radical (unpaired) electrons. The predicted molar refractivity (Wildman–Crippen MR) is 223 cm³/mol. The van der Waals surface area contributed by atoms with Gasteiger partial charge < -0.3 is 15.3 Å². The van der Waals surface area contributed by atoms with Gasteiger partial charge in [0, 0.05) is 0 Å². The molecular weight excluding hydrogens is 649 g/mol. The van der Waals surface area contributed by atoms with Gasteiger partial charge in [0.25, 0.3) is 0 Å². The third-order valence-electron chi connectivity index (χ3n) is 20.8. The van der Waals surface area contributed by atoms with Gasteiger partial charge in [-0.3, -0.25) is 0 Å². The van der Waals surface area contributed by atoms with Crippen LogP contribution in [0.4, 0.5) is 0 Å². The van der Waals surface area contributed by atoms with E-state index in [0.29, 0.717) is 28.6 Å². The van der Waals surface area contributed by atoms with Crippen molar-refractivity contribution in [2.45, 2.75) is 216 Å². The summed E-state index contributed by atoms with van der Waals surface area (Å²) in [5, 5.41) is 33.2. The second-order valence-corrected chi connectivity index (χ2v) is 22.8. The molecule has 8 aliphatic rings. The monoisotopic (exact) mass is 739 g/mol. The SMILES string of the molecule is C.CCC[C@@H](C)C1CCC2C3CC[C@@H]4C[C@H](C)CC[C@]4(C)C3C[C@H](O)[C@@]21C.CCC[C@@H](C)C1CCC2C3CC[C@@H]4C[C@H](O)CC[C@]4(C)C3C[C@H](O)[C@@]21C. The fourth-order valence-electron chi connectivity index (χ4n) is 17.9. The summed E-state index contributed by atoms with van der Waals surface area (Å²) in [7, 11) is 0. The largest absolute Gasteiger partial charge is 0.393 e. The van der Waals surface area contributed by atoms with Gasteiger partial charge in [-0.25, -0.2) is 0 Å². The molecule has 3 heteroatoms. The fraction of sp³-hybridized carbons (Fsp3) is 1.00. The van der Waals surface area contributed by atoms with Crippen LogP contribution in [0.1, 0.15) is 198 Å². The van der Waals surface area contributed by atoms with Gasteiger partial charge in [-0.1, -0.05) is 102 Å². The van der Waals surface area contributed by atoms with Gasteiger partial charge in [-0.05, 0) is 195 Å². The van der Waals surface area contributed by atoms with Gasteiger partial charge in [0.2, 0.25) is 0 Å². The maximum absolute atomic E-state index is 11.5. The van der Waals surface area contributed by atoms with Gasteiger partial charge in [0.1, 0.15) is 0 Å². The Hall–Kier alpha value is -0.120. The molecule has 0 aromatic heterocycles. The van der Waals surface area contributed by atoms with Gasteiger partial charge in [0.05, 0.1) is 18.3 Å². The van der Waals surface area contributed by atoms with E-state index < -0.39 is 0 Å². The highest BCUT2D eigenvalue weighted by atomic mass is 16.3. The molecule has 308 valence electrons. The lowest BCUT2D eigenvalue weighted by Crippen LogP contribution is -2.58. The van der Waals surface area contributed by atoms with Crippen molar-refractivity contribution in [3.8, 4) is 0 Å². The Morgan fingerprint density at radius 2 is 0.962 bits per heavy atom. The van der Waals surface area contributed by atoms with E-state index in [1.807, 2.05) is 0 Å². The minimum Gasteiger partial charge on any atom is -0.393 e. The van der Waals surface area contributed by atoms with Crippen LogP contribution in [0.25, 0.3) is 0 Å². The molecule has 0 saturated heterocycles. The van der Waals surface area contributed by atoms with Crippen LogP contribution in [0.2, 0.25) is 0 Å². The fourth-order valence-corrected chi connectivity index (χ4v) is 17.9. The first-order valence-corrected chi connectivity index (χ1v) is 23.7. The zero-order chi connectivity index (χ0) is 37.4. The molecule has 0 heterocycles. The number of rotatable bonds is 6. The third-order valence-corrected chi connectivity index (χ3v) is 20.8. The van der Waals surface area contributed by atoms with Gasteiger partial charge in [0.15, 0.2) is 0 Å². The predicted octanol–water partition coefficient (Wildman–Crippen LogP) is 12.7. The number of fused-ring (bicyclic) bond motifs is 10. The lowest BCUT2D eigenvalue weighted by Gasteiger charge is -2.62. The maximum Gasteiger partial charge on any atom is 0.0602 e. The molecule has 8 aliphatic carbocycles. The van der Waals surface area contributed by atoms with Gasteiger partial charge >= 0.3 is 0 Å². The first-order valence-electron chi connectivity index (χ1n) is 23.7. The Bertz CT molecular complexity index is 1120. The number of hydrogen-bond donors (Lipinski definition) is 3. The van der Waals surface area contributed by atoms with Crippen LogP contribution in [-0.4, -0.2) is 33.6 Å². The van der Waals surface area contributed by atoms with Crippen molar-refractivity contribution in [3.05, 3.63) is 0 Å². The average molecular weight is 739 g/mol. The molecule has 0 aromatic carbocycles. The van der Waals surface area contributed by atoms with E-state index in [-0.39, 0.29) is 36.6 Å². The highest BCUT2D eigenvalue weighted by Gasteiger charge is 2.65. The van der Waals surface area contributed by atoms with E-state index >= 15 is 0 Å². The molecule has 8 unspecified atom stereocenters. The Morgan fingerprint density at radius 3 is 1.42 bits per heavy atom. The molecule has 0 aliphatic heterocycles. The Balaban J connectivity index is 0.000000178. The smallest absolute Gasteiger partial charge is 0.0602 e. The zero-order valence-electron chi connectivity index (χ0n) is 35.7. The van der Waals surface area contributed by atoms with Crippen LogP contribution < -0.4 is 0 Å². The van der Waals surface area contributed by atoms with Crippen molar-refractivity contribution in [3.63, 3.8) is 0 Å². The molecular formula is C50H90O3. The molecule has 8 rings (SSSR count). The topological polar surface area (TPSA) is 60.7 Å². The molecule has 3 N–H and O–H groups in total. The highest BCUT2D eigenvalue weighted by Crippen LogP contribution is 2.70. The van der Waals surface area contributed by atoms with Crippen molar-refractivity contribution in [2.75, 3.05) is 0 Å². The summed E-state index contributed by atoms with van der Waals surface area (Å²) < 4.78 is 0. The van der Waals surface area contributed by atoms with Crippen molar-refractivity contribution < 1.29 is 15.3 Å². The summed E-state index contributed by atoms with van der Waals surface area (Å²) in [6.07, 6.45) is 25.6. The second kappa shape index (κ2) is 15.9. The maximum atomic E-state index is 11.5. The van der Waals surface area contributed by atoms with E-state index in [1.165, 1.54) is 103 Å². The summed E-state index contributed by atoms with van der Waals surface area (Å²) in [6.45, 7) is 22.1. The molecule has 0 bridgehead atoms. The van der Waals surface area contributed by atoms with Crippen molar-refractivity contribution in [1.82, 2.24) is 0 Å². The minimum atomic E-state index is -0.122. The number of hydrogen-bond acceptors (Lipinski definition) is 3. The summed E-state index contributed by atoms with van der Waals surface area (Å²) in [6, 6.07) is 0. The van der Waals surface area contributed by atoms with Gasteiger partial charge in [-0.2, -0.15) is 0 Å². The van der Waals surface area contributed by atoms with E-state index in [0.717, 1.165) is 84.9 Å². The van der Waals surface area contributed by atoms with Crippen LogP contribution in [0, 0.1) is 98.6 Å². The van der Waals surface area contributed by atoms with Crippen LogP contribution in [-0.2, 0) is 0 Å². The van der Waals surface area contributed by atoms with E-state index in [1.54, 1.807) is 0 Å². The van der Waals surface area contributed by atoms with E-state index in [2.05, 4.69) is 62.3 Å². The van der Waals surface area contributed by atoms with Crippen LogP contribution in [0.15, 0.2) is 0 Å². The Morgan fingerprint density at radius 1 is 0.528 bits per heavy atom. The summed E-state index contributed by atoms with van der Waals surface area (Å²) in [4.78, 5) is 0. The minimum absolute atomic E-state index is 0. The first kappa shape index (κ1) is 42.5. The van der Waals surface area contributed by atoms with Crippen molar-refractivity contribution in [1.29, 1.82) is 0 Å². The van der Waals surface area contributed by atoms with Crippen LogP contribution in [0.3, 0.4) is 0 Å². The van der Waals surface area contributed by atoms with Crippen molar-refractivity contribution in [2.24, 2.45) is 98.6 Å². The molecule has 8 saturated carbocycles. The summed E-state index contributed by atoms with van der Waals surface area (Å²) >= 11 is 0. The highest BCUT2D eigenvalue weighted by molar-refractivity contribution is 5.14. The lowest BCUT2D eigenvalue weighted by molar-refractivity contribution is -0.174. The second-order valence-electron chi connectivity index (χ2n) is 22.8. The summed E-state index contributed by atoms with van der Waals surface area (Å²) in [5.74, 6) is 10.2. The first-order chi connectivity index (χ1) is 24.6. The molecule has 0 aromatic rings. The Kier molecular flexibility index (Phi) is 12.8. The van der Waals surface area contributed by atoms with Gasteiger partial charge in [-0.15, -0.1) is 0 Å². The summed E-state index contributed by atoms with van der Waals surface area (Å²) in [5.41, 5.74) is 1.22. The molecule has 8 fully saturated rings. The normalized spacial score (nSPS) is 53.9. The van der Waals surface area contributed by atoms with Crippen LogP contribution >= 0.6 is 0 Å². The zero-order valence-corrected chi connectivity index (χ0v) is 35.7. The molecule has 0 amide bonds. The van der Waals surface area contributed by atoms with Crippen LogP contribution in [0.5, 0.6) is 0 Å². The van der Waals surface area contributed by atoms with E-state index in [9.17, 15) is 15.3 Å². The standard InChI is InChI=1S/C25H44O.C24H42O2.CH4/c1-6-7-17(3)20-10-11-21-19-9-8-18-14-16(2)12-13-24(18,4)22(19)15-23(26)25(20,21)5;1-5-6-15(2)19-9-10-20-18-8-7-16-13-17(25)11-12-23(16,3)21(18)14-22(26)24(19,20)4;/h16-23,26H,6-15H2,1-5H3;15-22,25-26H,5-14H2,1-4H3;1H4/t16-,17-,18-,19?,20?,21?,22?,23+,24+,25-;15-,16-,17-,18?,19?,20?,21?,22+,23+,24-;/m11./s1. The lowest BCUT2D eigenvalue weighted by atomic mass is 9.43. The number of aliphatic hydroxyl groups is 3. The Labute approximate surface area is 329 Å². The van der Waals surface area contributed by atoms with Crippen molar-refractivity contribution >= 4 is 0 Å². The average Bonchev–Trinajstić information content (AvgIpc) is 3.66. The molecule has 20 atom stereocenters. The van der Waals surface area contributed by atoms with E-state index in [4.69, 9.17) is 0 Å². The molecule has 3 nitrogen and oxygen atoms in total. The molecule has 53 heavy (non-hydrogen) atoms. The third kappa shape index (κ3) is 6.79. The molecule has 0 spiro atoms.